The van der Waals surface area contributed by atoms with Crippen LogP contribution in [0.15, 0.2) is 95.8 Å². The van der Waals surface area contributed by atoms with Crippen LogP contribution in [0.3, 0.4) is 0 Å². The highest BCUT2D eigenvalue weighted by molar-refractivity contribution is 6.13. The van der Waals surface area contributed by atoms with Gasteiger partial charge in [0.05, 0.1) is 25.3 Å². The molecule has 5 rings (SSSR count). The van der Waals surface area contributed by atoms with Crippen molar-refractivity contribution in [2.75, 3.05) is 33.1 Å². The molecule has 7 nitrogen and oxygen atoms in total. The number of ether oxygens (including phenoxy) is 2. The Morgan fingerprint density at radius 1 is 0.900 bits per heavy atom. The van der Waals surface area contributed by atoms with Crippen molar-refractivity contribution in [3.8, 4) is 11.5 Å². The van der Waals surface area contributed by atoms with Crippen LogP contribution in [0.25, 0.3) is 27.9 Å². The van der Waals surface area contributed by atoms with Crippen molar-refractivity contribution in [1.29, 1.82) is 0 Å². The van der Waals surface area contributed by atoms with Gasteiger partial charge < -0.3 is 19.8 Å². The third kappa shape index (κ3) is 5.75. The molecule has 0 saturated heterocycles. The van der Waals surface area contributed by atoms with Gasteiger partial charge in [-0.3, -0.25) is 14.5 Å². The van der Waals surface area contributed by atoms with Gasteiger partial charge in [-0.25, -0.2) is 0 Å². The number of benzene rings is 4. The van der Waals surface area contributed by atoms with Crippen molar-refractivity contribution in [1.82, 2.24) is 9.88 Å². The first-order chi connectivity index (χ1) is 19.5. The molecule has 0 aliphatic heterocycles. The van der Waals surface area contributed by atoms with E-state index in [1.54, 1.807) is 38.5 Å². The highest BCUT2D eigenvalue weighted by Gasteiger charge is 2.14. The predicted molar refractivity (Wildman–Crippen MR) is 161 cm³/mol. The molecule has 2 N–H and O–H groups in total. The Balaban J connectivity index is 1.22. The Hall–Kier alpha value is -4.88. The highest BCUT2D eigenvalue weighted by atomic mass is 16.5. The van der Waals surface area contributed by atoms with Gasteiger partial charge in [-0.05, 0) is 66.7 Å². The summed E-state index contributed by atoms with van der Waals surface area (Å²) in [4.78, 5) is 31.6. The lowest BCUT2D eigenvalue weighted by molar-refractivity contribution is 0.102. The largest absolute Gasteiger partial charge is 0.493 e. The molecule has 0 aliphatic carbocycles. The van der Waals surface area contributed by atoms with Crippen LogP contribution in [-0.4, -0.2) is 43.6 Å². The van der Waals surface area contributed by atoms with E-state index in [-0.39, 0.29) is 11.3 Å². The normalized spacial score (nSPS) is 11.4. The number of anilines is 1. The Labute approximate surface area is 232 Å². The molecule has 1 aromatic heterocycles. The van der Waals surface area contributed by atoms with E-state index in [4.69, 9.17) is 9.47 Å². The van der Waals surface area contributed by atoms with Crippen molar-refractivity contribution in [3.05, 3.63) is 118 Å². The molecule has 0 radical (unpaired) electrons. The second kappa shape index (κ2) is 11.9. The zero-order valence-electron chi connectivity index (χ0n) is 22.7. The third-order valence-electron chi connectivity index (χ3n) is 6.78. The fourth-order valence-electron chi connectivity index (χ4n) is 4.74. The predicted octanol–water partition coefficient (Wildman–Crippen LogP) is 6.10. The average Bonchev–Trinajstić information content (AvgIpc) is 2.98. The van der Waals surface area contributed by atoms with Gasteiger partial charge in [0.1, 0.15) is 0 Å². The highest BCUT2D eigenvalue weighted by Crippen LogP contribution is 2.28. The SMILES string of the molecule is COc1ccc(CN(C)C/C=C/c2ccc(NC(=O)c3cccc4c(=O)c5ccccc5[nH]c34)cc2)cc1OC. The number of carbonyl (C=O) groups excluding carboxylic acids is 1. The smallest absolute Gasteiger partial charge is 0.257 e. The number of hydrogen-bond acceptors (Lipinski definition) is 5. The van der Waals surface area contributed by atoms with Crippen molar-refractivity contribution < 1.29 is 14.3 Å². The van der Waals surface area contributed by atoms with E-state index in [0.717, 1.165) is 30.0 Å². The lowest BCUT2D eigenvalue weighted by Crippen LogP contribution is -2.17. The number of likely N-dealkylation sites (N-methyl/N-ethyl adjacent to an activating group) is 1. The van der Waals surface area contributed by atoms with Gasteiger partial charge in [0.25, 0.3) is 5.91 Å². The molecule has 0 bridgehead atoms. The maximum Gasteiger partial charge on any atom is 0.257 e. The van der Waals surface area contributed by atoms with Gasteiger partial charge in [-0.1, -0.05) is 48.6 Å². The molecule has 1 heterocycles. The summed E-state index contributed by atoms with van der Waals surface area (Å²) < 4.78 is 10.7. The number of aromatic nitrogens is 1. The van der Waals surface area contributed by atoms with E-state index >= 15 is 0 Å². The maximum atomic E-state index is 13.2. The number of para-hydroxylation sites is 2. The monoisotopic (exact) mass is 533 g/mol. The van der Waals surface area contributed by atoms with Gasteiger partial charge >= 0.3 is 0 Å². The molecule has 0 fully saturated rings. The van der Waals surface area contributed by atoms with E-state index < -0.39 is 0 Å². The molecule has 5 aromatic rings. The summed E-state index contributed by atoms with van der Waals surface area (Å²) >= 11 is 0. The van der Waals surface area contributed by atoms with Gasteiger partial charge in [0.2, 0.25) is 0 Å². The maximum absolute atomic E-state index is 13.2. The van der Waals surface area contributed by atoms with E-state index in [1.165, 1.54) is 0 Å². The molecule has 40 heavy (non-hydrogen) atoms. The number of aromatic amines is 1. The summed E-state index contributed by atoms with van der Waals surface area (Å²) in [6.07, 6.45) is 4.16. The minimum absolute atomic E-state index is 0.0930. The quantitative estimate of drug-likeness (QED) is 0.224. The van der Waals surface area contributed by atoms with Gasteiger partial charge in [0.15, 0.2) is 16.9 Å². The van der Waals surface area contributed by atoms with Crippen molar-refractivity contribution in [3.63, 3.8) is 0 Å². The number of methoxy groups -OCH3 is 2. The first-order valence-electron chi connectivity index (χ1n) is 13.0. The average molecular weight is 534 g/mol. The zero-order valence-corrected chi connectivity index (χ0v) is 22.7. The Morgan fingerprint density at radius 3 is 2.42 bits per heavy atom. The fourth-order valence-corrected chi connectivity index (χ4v) is 4.74. The molecule has 0 spiro atoms. The van der Waals surface area contributed by atoms with Gasteiger partial charge in [-0.15, -0.1) is 0 Å². The molecule has 0 saturated carbocycles. The second-order valence-electron chi connectivity index (χ2n) is 9.59. The van der Waals surface area contributed by atoms with Crippen molar-refractivity contribution in [2.24, 2.45) is 0 Å². The molecule has 0 unspecified atom stereocenters. The number of fused-ring (bicyclic) bond motifs is 2. The number of H-pyrrole nitrogens is 1. The Morgan fingerprint density at radius 2 is 1.65 bits per heavy atom. The summed E-state index contributed by atoms with van der Waals surface area (Å²) in [6.45, 7) is 1.53. The summed E-state index contributed by atoms with van der Waals surface area (Å²) in [5.41, 5.74) is 4.39. The summed E-state index contributed by atoms with van der Waals surface area (Å²) in [7, 11) is 5.32. The van der Waals surface area contributed by atoms with Crippen molar-refractivity contribution in [2.45, 2.75) is 6.54 Å². The Kier molecular flexibility index (Phi) is 7.94. The number of nitrogens with one attached hydrogen (secondary N) is 2. The van der Waals surface area contributed by atoms with Crippen LogP contribution in [0, 0.1) is 0 Å². The van der Waals surface area contributed by atoms with Gasteiger partial charge in [0, 0.05) is 35.1 Å². The van der Waals surface area contributed by atoms with Crippen LogP contribution in [0.4, 0.5) is 5.69 Å². The molecule has 7 heteroatoms. The van der Waals surface area contributed by atoms with Crippen LogP contribution in [0.1, 0.15) is 21.5 Å². The van der Waals surface area contributed by atoms with E-state index in [1.807, 2.05) is 60.7 Å². The number of amides is 1. The minimum atomic E-state index is -0.281. The lowest BCUT2D eigenvalue weighted by Gasteiger charge is -2.16. The number of nitrogens with zero attached hydrogens (tertiary/aromatic N) is 1. The first kappa shape index (κ1) is 26.7. The fraction of sp³-hybridized carbons (Fsp3) is 0.152. The third-order valence-corrected chi connectivity index (χ3v) is 6.78. The van der Waals surface area contributed by atoms with Gasteiger partial charge in [-0.2, -0.15) is 0 Å². The van der Waals surface area contributed by atoms with Crippen LogP contribution < -0.4 is 20.2 Å². The summed E-state index contributed by atoms with van der Waals surface area (Å²) in [5, 5.41) is 4.04. The summed E-state index contributed by atoms with van der Waals surface area (Å²) in [5.74, 6) is 1.16. The summed E-state index contributed by atoms with van der Waals surface area (Å²) in [6, 6.07) is 26.1. The van der Waals surface area contributed by atoms with Crippen LogP contribution in [0.2, 0.25) is 0 Å². The zero-order chi connectivity index (χ0) is 28.1. The number of pyridine rings is 1. The standard InChI is InChI=1S/C33H31N3O4/c1-36(21-23-15-18-29(39-2)30(20-23)40-3)19-7-8-22-13-16-24(17-14-22)34-33(38)27-11-6-10-26-31(27)35-28-12-5-4-9-25(28)32(26)37/h4-18,20H,19,21H2,1-3H3,(H,34,38)(H,35,37)/b8-7+. The first-order valence-corrected chi connectivity index (χ1v) is 13.0. The van der Waals surface area contributed by atoms with E-state index in [2.05, 4.69) is 34.4 Å². The molecule has 1 amide bonds. The van der Waals surface area contributed by atoms with E-state index in [0.29, 0.717) is 38.8 Å². The molecule has 4 aromatic carbocycles. The van der Waals surface area contributed by atoms with Crippen LogP contribution >= 0.6 is 0 Å². The molecule has 0 aliphatic rings. The van der Waals surface area contributed by atoms with Crippen molar-refractivity contribution >= 4 is 39.5 Å². The number of hydrogen-bond donors (Lipinski definition) is 2. The molecular formula is C33H31N3O4. The lowest BCUT2D eigenvalue weighted by atomic mass is 10.1. The topological polar surface area (TPSA) is 83.7 Å². The Bertz CT molecular complexity index is 1760. The van der Waals surface area contributed by atoms with Crippen LogP contribution in [0.5, 0.6) is 11.5 Å². The second-order valence-corrected chi connectivity index (χ2v) is 9.59. The molecular weight excluding hydrogens is 502 g/mol. The van der Waals surface area contributed by atoms with E-state index in [9.17, 15) is 9.59 Å². The molecule has 202 valence electrons. The number of rotatable bonds is 9. The minimum Gasteiger partial charge on any atom is -0.493 e. The molecule has 0 atom stereocenters. The van der Waals surface area contributed by atoms with Crippen LogP contribution in [-0.2, 0) is 6.54 Å². The number of carbonyl (C=O) groups is 1.